The van der Waals surface area contributed by atoms with Gasteiger partial charge in [-0.25, -0.2) is 9.69 Å². The van der Waals surface area contributed by atoms with Crippen LogP contribution in [0.1, 0.15) is 88.7 Å². The minimum atomic E-state index is -1.67. The number of nitrogens with one attached hydrogen (secondary N) is 9. The molecule has 3 fully saturated rings. The van der Waals surface area contributed by atoms with Gasteiger partial charge in [-0.05, 0) is 69.1 Å². The molecule has 0 radical (unpaired) electrons. The minimum Gasteiger partial charge on any atom is -0.370 e. The van der Waals surface area contributed by atoms with E-state index >= 15 is 0 Å². The lowest BCUT2D eigenvalue weighted by molar-refractivity contribution is -0.146. The quantitative estimate of drug-likeness (QED) is 0.0631. The first-order chi connectivity index (χ1) is 30.7. The summed E-state index contributed by atoms with van der Waals surface area (Å²) in [5.74, 6) is -4.65. The van der Waals surface area contributed by atoms with Gasteiger partial charge < -0.3 is 47.9 Å². The SMILES string of the molecule is CC(=O)[C@@H]1CCCCNC(=O)C[C@@H]2NC(=O)N(C2=O)C2(CCCCC2)C(=O)N[C@H](Cc2ccccc2)C(=O)N[C@@H](CCCNC(=N)N)C(=O)N[C@@H](Cc2c[nH]c3ccccc23)C(=O)N1. The first kappa shape index (κ1) is 46.7. The van der Waals surface area contributed by atoms with E-state index in [0.29, 0.717) is 36.8 Å². The van der Waals surface area contributed by atoms with Crippen LogP contribution in [0.2, 0.25) is 0 Å². The van der Waals surface area contributed by atoms with Gasteiger partial charge in [0.2, 0.25) is 29.5 Å². The molecule has 3 heterocycles. The molecular weight excluding hydrogens is 823 g/mol. The summed E-state index contributed by atoms with van der Waals surface area (Å²) in [4.78, 5) is 116. The number of para-hydroxylation sites is 1. The topological polar surface area (TPSA) is 290 Å². The van der Waals surface area contributed by atoms with Crippen molar-refractivity contribution in [2.45, 2.75) is 126 Å². The molecule has 5 atom stereocenters. The maximum Gasteiger partial charge on any atom is 0.325 e. The largest absolute Gasteiger partial charge is 0.370 e. The summed E-state index contributed by atoms with van der Waals surface area (Å²) in [5.41, 5.74) is 6.04. The van der Waals surface area contributed by atoms with Gasteiger partial charge in [0, 0.05) is 43.0 Å². The number of Topliss-reactive ketones (excluding diaryl/α,β-unsaturated/α-hetero) is 1. The number of nitrogens with two attached hydrogens (primary N) is 1. The van der Waals surface area contributed by atoms with Gasteiger partial charge in [-0.2, -0.15) is 0 Å². The molecule has 0 unspecified atom stereocenters. The van der Waals surface area contributed by atoms with Gasteiger partial charge in [-0.3, -0.25) is 39.0 Å². The smallest absolute Gasteiger partial charge is 0.325 e. The average Bonchev–Trinajstić information content (AvgIpc) is 3.81. The van der Waals surface area contributed by atoms with Gasteiger partial charge in [-0.1, -0.05) is 67.8 Å². The summed E-state index contributed by atoms with van der Waals surface area (Å²) in [7, 11) is 0. The predicted octanol–water partition coefficient (Wildman–Crippen LogP) is 1.06. The Morgan fingerprint density at radius 1 is 0.797 bits per heavy atom. The van der Waals surface area contributed by atoms with Gasteiger partial charge in [0.05, 0.1) is 12.5 Å². The summed E-state index contributed by atoms with van der Waals surface area (Å²) >= 11 is 0. The number of nitrogens with zero attached hydrogens (tertiary/aromatic N) is 1. The number of urea groups is 1. The number of hydrogen-bond donors (Lipinski definition) is 10. The van der Waals surface area contributed by atoms with E-state index in [-0.39, 0.29) is 76.2 Å². The summed E-state index contributed by atoms with van der Waals surface area (Å²) < 4.78 is 0. The second-order valence-corrected chi connectivity index (χ2v) is 16.9. The van der Waals surface area contributed by atoms with Crippen LogP contribution in [0, 0.1) is 5.41 Å². The molecule has 2 saturated heterocycles. The first-order valence-corrected chi connectivity index (χ1v) is 22.1. The number of ketones is 1. The Labute approximate surface area is 371 Å². The zero-order valence-corrected chi connectivity index (χ0v) is 36.1. The Balaban J connectivity index is 1.37. The predicted molar refractivity (Wildman–Crippen MR) is 236 cm³/mol. The number of guanidine groups is 1. The van der Waals surface area contributed by atoms with Gasteiger partial charge in [-0.15, -0.1) is 0 Å². The van der Waals surface area contributed by atoms with Crippen molar-refractivity contribution in [2.75, 3.05) is 13.1 Å². The number of carbonyl (C=O) groups excluding carboxylic acids is 8. The monoisotopic (exact) mass is 881 g/mol. The second kappa shape index (κ2) is 21.5. The molecule has 11 N–H and O–H groups in total. The number of aromatic amines is 1. The third-order valence-electron chi connectivity index (χ3n) is 12.2. The third-order valence-corrected chi connectivity index (χ3v) is 12.2. The lowest BCUT2D eigenvalue weighted by atomic mass is 9.79. The second-order valence-electron chi connectivity index (χ2n) is 16.9. The zero-order valence-electron chi connectivity index (χ0n) is 36.1. The molecule has 2 bridgehead atoms. The van der Waals surface area contributed by atoms with Crippen LogP contribution in [0.5, 0.6) is 0 Å². The summed E-state index contributed by atoms with van der Waals surface area (Å²) in [5, 5.41) is 27.8. The summed E-state index contributed by atoms with van der Waals surface area (Å²) in [6.45, 7) is 1.72. The molecule has 1 aromatic heterocycles. The van der Waals surface area contributed by atoms with Crippen molar-refractivity contribution in [3.63, 3.8) is 0 Å². The highest BCUT2D eigenvalue weighted by Crippen LogP contribution is 2.37. The highest BCUT2D eigenvalue weighted by molar-refractivity contribution is 6.10. The highest BCUT2D eigenvalue weighted by Gasteiger charge is 2.55. The molecule has 1 spiro atoms. The number of hydrogen-bond acceptors (Lipinski definition) is 9. The van der Waals surface area contributed by atoms with Gasteiger partial charge in [0.15, 0.2) is 11.7 Å². The van der Waals surface area contributed by atoms with Crippen molar-refractivity contribution in [1.29, 1.82) is 5.41 Å². The fraction of sp³-hybridized carbons (Fsp3) is 0.489. The molecule has 342 valence electrons. The van der Waals surface area contributed by atoms with E-state index in [1.165, 1.54) is 6.92 Å². The number of carbonyl (C=O) groups is 8. The van der Waals surface area contributed by atoms with Crippen molar-refractivity contribution >= 4 is 64.1 Å². The van der Waals surface area contributed by atoms with E-state index in [2.05, 4.69) is 42.2 Å². The number of fused-ring (bicyclic) bond motifs is 4. The standard InChI is InChI=1S/C45H59N11O8/c1-27(57)31-16-8-11-21-48-37(58)25-36-41(62)56(44(64)55-36)45(19-9-3-10-20-45)42(63)54-34(23-28-13-4-2-5-14-28)39(60)52-33(18-12-22-49-43(46)47)38(59)53-35(40(61)51-31)24-29-26-50-32-17-7-6-15-30(29)32/h2,4-7,13-15,17,26,31,33-36,50H,3,8-12,16,18-25H2,1H3,(H,48,58)(H,51,61)(H,52,60)(H,53,59)(H,54,63)(H,55,64)(H4,46,47,49)/t31-,33-,34+,35-,36-/m0/s1. The number of benzene rings is 2. The minimum absolute atomic E-state index is 0.0158. The molecule has 1 saturated carbocycles. The Morgan fingerprint density at radius 3 is 2.20 bits per heavy atom. The van der Waals surface area contributed by atoms with Crippen LogP contribution in [0.15, 0.2) is 60.8 Å². The first-order valence-electron chi connectivity index (χ1n) is 22.1. The van der Waals surface area contributed by atoms with E-state index in [4.69, 9.17) is 11.1 Å². The van der Waals surface area contributed by atoms with Crippen molar-refractivity contribution in [3.05, 3.63) is 71.9 Å². The molecule has 19 nitrogen and oxygen atoms in total. The van der Waals surface area contributed by atoms with Crippen molar-refractivity contribution < 1.29 is 38.4 Å². The fourth-order valence-electron chi connectivity index (χ4n) is 8.80. The summed E-state index contributed by atoms with van der Waals surface area (Å²) in [6.07, 6.45) is 4.72. The molecule has 64 heavy (non-hydrogen) atoms. The maximum atomic E-state index is 14.7. The van der Waals surface area contributed by atoms with Crippen LogP contribution in [-0.4, -0.2) is 112 Å². The molecule has 3 aromatic rings. The Bertz CT molecular complexity index is 2220. The van der Waals surface area contributed by atoms with Gasteiger partial charge in [0.1, 0.15) is 29.7 Å². The van der Waals surface area contributed by atoms with Crippen LogP contribution < -0.4 is 43.0 Å². The number of aromatic nitrogens is 1. The molecule has 2 aliphatic heterocycles. The fourth-order valence-corrected chi connectivity index (χ4v) is 8.80. The van der Waals surface area contributed by atoms with E-state index in [1.807, 2.05) is 24.3 Å². The number of imide groups is 1. The van der Waals surface area contributed by atoms with Crippen LogP contribution in [0.4, 0.5) is 4.79 Å². The molecule has 6 rings (SSSR count). The van der Waals surface area contributed by atoms with Crippen molar-refractivity contribution in [1.82, 2.24) is 47.1 Å². The molecule has 19 heteroatoms. The van der Waals surface area contributed by atoms with E-state index in [1.54, 1.807) is 36.5 Å². The Morgan fingerprint density at radius 2 is 1.47 bits per heavy atom. The van der Waals surface area contributed by atoms with Crippen LogP contribution >= 0.6 is 0 Å². The lowest BCUT2D eigenvalue weighted by Gasteiger charge is -2.42. The number of H-pyrrole nitrogens is 1. The number of amides is 8. The zero-order chi connectivity index (χ0) is 45.8. The number of rotatable bonds is 9. The van der Waals surface area contributed by atoms with Crippen molar-refractivity contribution in [3.8, 4) is 0 Å². The van der Waals surface area contributed by atoms with Crippen molar-refractivity contribution in [2.24, 2.45) is 5.73 Å². The lowest BCUT2D eigenvalue weighted by Crippen LogP contribution is -2.65. The molecule has 8 amide bonds. The third kappa shape index (κ3) is 11.6. The molecular formula is C45H59N11O8. The van der Waals surface area contributed by atoms with Gasteiger partial charge in [0.25, 0.3) is 5.91 Å². The van der Waals surface area contributed by atoms with E-state index in [0.717, 1.165) is 22.2 Å². The van der Waals surface area contributed by atoms with Crippen LogP contribution in [0.25, 0.3) is 10.9 Å². The average molecular weight is 882 g/mol. The molecule has 1 aliphatic carbocycles. The highest BCUT2D eigenvalue weighted by atomic mass is 16.2. The van der Waals surface area contributed by atoms with Crippen LogP contribution in [0.3, 0.4) is 0 Å². The van der Waals surface area contributed by atoms with E-state index < -0.39 is 77.2 Å². The maximum absolute atomic E-state index is 14.7. The normalized spacial score (nSPS) is 24.2. The molecule has 3 aliphatic rings. The Hall–Kier alpha value is -6.79. The molecule has 2 aromatic carbocycles. The van der Waals surface area contributed by atoms with Crippen LogP contribution in [-0.2, 0) is 46.4 Å². The van der Waals surface area contributed by atoms with E-state index in [9.17, 15) is 38.4 Å². The Kier molecular flexibility index (Phi) is 15.7. The van der Waals surface area contributed by atoms with Gasteiger partial charge >= 0.3 is 6.03 Å². The summed E-state index contributed by atoms with van der Waals surface area (Å²) in [6, 6.07) is 9.57.